The van der Waals surface area contributed by atoms with Crippen LogP contribution in [0, 0.1) is 5.41 Å². The van der Waals surface area contributed by atoms with Gasteiger partial charge in [0.25, 0.3) is 0 Å². The lowest BCUT2D eigenvalue weighted by Gasteiger charge is -2.14. The van der Waals surface area contributed by atoms with E-state index in [1.807, 2.05) is 6.07 Å². The molecule has 0 bridgehead atoms. The van der Waals surface area contributed by atoms with Crippen LogP contribution in [0.25, 0.3) is 10.9 Å². The fourth-order valence-corrected chi connectivity index (χ4v) is 3.36. The van der Waals surface area contributed by atoms with Crippen molar-refractivity contribution in [1.29, 1.82) is 0 Å². The molecule has 31 heavy (non-hydrogen) atoms. The molecule has 1 fully saturated rings. The van der Waals surface area contributed by atoms with Gasteiger partial charge < -0.3 is 24.3 Å². The van der Waals surface area contributed by atoms with Crippen molar-refractivity contribution in [3.8, 4) is 23.0 Å². The van der Waals surface area contributed by atoms with Gasteiger partial charge in [-0.2, -0.15) is 0 Å². The predicted molar refractivity (Wildman–Crippen MR) is 114 cm³/mol. The van der Waals surface area contributed by atoms with Crippen molar-refractivity contribution in [2.24, 2.45) is 5.41 Å². The highest BCUT2D eigenvalue weighted by molar-refractivity contribution is 6.11. The lowest BCUT2D eigenvalue weighted by molar-refractivity contribution is -0.150. The monoisotopic (exact) mass is 422 g/mol. The second-order valence-electron chi connectivity index (χ2n) is 7.19. The van der Waals surface area contributed by atoms with Crippen LogP contribution in [0.2, 0.25) is 0 Å². The maximum atomic E-state index is 12.5. The molecular formula is C23H22N2O6. The molecule has 1 amide bonds. The summed E-state index contributed by atoms with van der Waals surface area (Å²) in [6.07, 6.45) is 2.65. The van der Waals surface area contributed by atoms with Crippen LogP contribution < -0.4 is 19.5 Å². The molecule has 0 saturated heterocycles. The number of esters is 1. The molecule has 2 aromatic carbocycles. The number of fused-ring (bicyclic) bond motifs is 1. The molecule has 3 aromatic rings. The topological polar surface area (TPSA) is 96.0 Å². The maximum absolute atomic E-state index is 12.5. The Labute approximate surface area is 179 Å². The second-order valence-corrected chi connectivity index (χ2v) is 7.19. The summed E-state index contributed by atoms with van der Waals surface area (Å²) >= 11 is 0. The molecule has 4 rings (SSSR count). The van der Waals surface area contributed by atoms with E-state index in [-0.39, 0.29) is 5.91 Å². The van der Waals surface area contributed by atoms with Crippen LogP contribution in [-0.4, -0.2) is 38.2 Å². The summed E-state index contributed by atoms with van der Waals surface area (Å²) in [5.74, 6) is 1.49. The first-order valence-corrected chi connectivity index (χ1v) is 9.69. The normalized spacial score (nSPS) is 13.9. The third-order valence-electron chi connectivity index (χ3n) is 5.31. The highest BCUT2D eigenvalue weighted by Gasteiger charge is 2.57. The van der Waals surface area contributed by atoms with Crippen LogP contribution >= 0.6 is 0 Å². The van der Waals surface area contributed by atoms with Crippen molar-refractivity contribution in [3.63, 3.8) is 0 Å². The zero-order chi connectivity index (χ0) is 22.0. The molecule has 8 nitrogen and oxygen atoms in total. The molecule has 0 atom stereocenters. The first-order chi connectivity index (χ1) is 15.0. The van der Waals surface area contributed by atoms with Crippen LogP contribution in [0.3, 0.4) is 0 Å². The zero-order valence-electron chi connectivity index (χ0n) is 17.4. The van der Waals surface area contributed by atoms with Crippen LogP contribution in [0.4, 0.5) is 5.69 Å². The number of anilines is 1. The summed E-state index contributed by atoms with van der Waals surface area (Å²) in [6, 6.07) is 12.3. The van der Waals surface area contributed by atoms with Gasteiger partial charge in [0.15, 0.2) is 11.5 Å². The lowest BCUT2D eigenvalue weighted by atomic mass is 10.1. The van der Waals surface area contributed by atoms with Crippen LogP contribution in [0.1, 0.15) is 12.8 Å². The number of benzene rings is 2. The van der Waals surface area contributed by atoms with E-state index < -0.39 is 11.4 Å². The van der Waals surface area contributed by atoms with Gasteiger partial charge in [-0.1, -0.05) is 0 Å². The van der Waals surface area contributed by atoms with Gasteiger partial charge in [0.2, 0.25) is 5.91 Å². The number of hydrogen-bond donors (Lipinski definition) is 1. The molecule has 1 saturated carbocycles. The number of rotatable bonds is 7. The van der Waals surface area contributed by atoms with E-state index in [2.05, 4.69) is 10.3 Å². The lowest BCUT2D eigenvalue weighted by Crippen LogP contribution is -2.32. The summed E-state index contributed by atoms with van der Waals surface area (Å²) < 4.78 is 21.5. The molecule has 1 aliphatic carbocycles. The van der Waals surface area contributed by atoms with E-state index in [9.17, 15) is 9.59 Å². The SMILES string of the molecule is COC(=O)C1(C(=O)Nc2ccc(Oc3ccnc4cc(OC)c(OC)cc34)cc2)CC1. The third-order valence-corrected chi connectivity index (χ3v) is 5.31. The molecule has 1 N–H and O–H groups in total. The van der Waals surface area contributed by atoms with Gasteiger partial charge in [-0.05, 0) is 49.2 Å². The van der Waals surface area contributed by atoms with Crippen LogP contribution in [0.15, 0.2) is 48.7 Å². The minimum atomic E-state index is -1.06. The molecule has 160 valence electrons. The number of carbonyl (C=O) groups is 2. The number of carbonyl (C=O) groups excluding carboxylic acids is 2. The van der Waals surface area contributed by atoms with Crippen LogP contribution in [0.5, 0.6) is 23.0 Å². The highest BCUT2D eigenvalue weighted by atomic mass is 16.5. The average molecular weight is 422 g/mol. The van der Waals surface area contributed by atoms with Gasteiger partial charge in [0, 0.05) is 23.3 Å². The van der Waals surface area contributed by atoms with Crippen LogP contribution in [-0.2, 0) is 14.3 Å². The number of hydrogen-bond acceptors (Lipinski definition) is 7. The number of aromatic nitrogens is 1. The summed E-state index contributed by atoms with van der Waals surface area (Å²) in [7, 11) is 4.43. The molecule has 1 aromatic heterocycles. The van der Waals surface area contributed by atoms with E-state index in [0.29, 0.717) is 47.0 Å². The quantitative estimate of drug-likeness (QED) is 0.455. The van der Waals surface area contributed by atoms with E-state index >= 15 is 0 Å². The molecular weight excluding hydrogens is 400 g/mol. The number of nitrogens with zero attached hydrogens (tertiary/aromatic N) is 1. The summed E-state index contributed by atoms with van der Waals surface area (Å²) in [4.78, 5) is 28.7. The Hall–Kier alpha value is -3.81. The minimum Gasteiger partial charge on any atom is -0.493 e. The van der Waals surface area contributed by atoms with Crippen molar-refractivity contribution < 1.29 is 28.5 Å². The van der Waals surface area contributed by atoms with E-state index in [1.54, 1.807) is 56.8 Å². The average Bonchev–Trinajstić information content (AvgIpc) is 3.61. The summed E-state index contributed by atoms with van der Waals surface area (Å²) in [5, 5.41) is 3.54. The molecule has 8 heteroatoms. The minimum absolute atomic E-state index is 0.353. The number of nitrogens with one attached hydrogen (secondary N) is 1. The Bertz CT molecular complexity index is 1140. The second kappa shape index (κ2) is 8.14. The fraction of sp³-hybridized carbons (Fsp3) is 0.261. The first kappa shape index (κ1) is 20.5. The van der Waals surface area contributed by atoms with Gasteiger partial charge in [0.1, 0.15) is 16.9 Å². The van der Waals surface area contributed by atoms with Gasteiger partial charge >= 0.3 is 5.97 Å². The standard InChI is InChI=1S/C23H22N2O6/c1-28-19-12-16-17(13-20(19)29-2)24-11-8-18(16)31-15-6-4-14(5-7-15)25-21(26)23(9-10-23)22(27)30-3/h4-8,11-13H,9-10H2,1-3H3,(H,25,26). The Balaban J connectivity index is 1.52. The number of amides is 1. The van der Waals surface area contributed by atoms with Crippen molar-refractivity contribution in [3.05, 3.63) is 48.7 Å². The van der Waals surface area contributed by atoms with E-state index in [4.69, 9.17) is 18.9 Å². The first-order valence-electron chi connectivity index (χ1n) is 9.69. The zero-order valence-corrected chi connectivity index (χ0v) is 17.4. The van der Waals surface area contributed by atoms with Crippen molar-refractivity contribution in [2.45, 2.75) is 12.8 Å². The van der Waals surface area contributed by atoms with E-state index in [1.165, 1.54) is 7.11 Å². The van der Waals surface area contributed by atoms with Gasteiger partial charge in [-0.25, -0.2) is 0 Å². The number of pyridine rings is 1. The molecule has 1 heterocycles. The molecule has 1 aliphatic rings. The van der Waals surface area contributed by atoms with Gasteiger partial charge in [0.05, 0.1) is 26.8 Å². The maximum Gasteiger partial charge on any atom is 0.321 e. The Morgan fingerprint density at radius 3 is 2.23 bits per heavy atom. The largest absolute Gasteiger partial charge is 0.493 e. The molecule has 0 spiro atoms. The Kier molecular flexibility index (Phi) is 5.37. The number of methoxy groups -OCH3 is 3. The van der Waals surface area contributed by atoms with E-state index in [0.717, 1.165) is 5.39 Å². The summed E-state index contributed by atoms with van der Waals surface area (Å²) in [5.41, 5.74) is 0.218. The third kappa shape index (κ3) is 3.84. The Morgan fingerprint density at radius 2 is 1.61 bits per heavy atom. The fourth-order valence-electron chi connectivity index (χ4n) is 3.36. The number of ether oxygens (including phenoxy) is 4. The Morgan fingerprint density at radius 1 is 0.935 bits per heavy atom. The predicted octanol–water partition coefficient (Wildman–Crippen LogP) is 3.94. The van der Waals surface area contributed by atoms with Crippen molar-refractivity contribution in [1.82, 2.24) is 4.98 Å². The molecule has 0 unspecified atom stereocenters. The smallest absolute Gasteiger partial charge is 0.321 e. The van der Waals surface area contributed by atoms with Gasteiger partial charge in [-0.15, -0.1) is 0 Å². The van der Waals surface area contributed by atoms with Gasteiger partial charge in [-0.3, -0.25) is 14.6 Å². The highest BCUT2D eigenvalue weighted by Crippen LogP contribution is 2.47. The molecule has 0 aliphatic heterocycles. The summed E-state index contributed by atoms with van der Waals surface area (Å²) in [6.45, 7) is 0. The van der Waals surface area contributed by atoms with Crippen molar-refractivity contribution in [2.75, 3.05) is 26.6 Å². The van der Waals surface area contributed by atoms with Crippen molar-refractivity contribution >= 4 is 28.5 Å². The molecule has 0 radical (unpaired) electrons.